The second kappa shape index (κ2) is 6.83. The number of aromatic nitrogens is 2. The van der Waals surface area contributed by atoms with Crippen molar-refractivity contribution in [2.24, 2.45) is 0 Å². The Bertz CT molecular complexity index is 602. The summed E-state index contributed by atoms with van der Waals surface area (Å²) in [5.41, 5.74) is 4.85. The number of imidazole rings is 1. The molecule has 1 aromatic carbocycles. The highest BCUT2D eigenvalue weighted by atomic mass is 16.5. The Balaban J connectivity index is 1.68. The first-order chi connectivity index (χ1) is 10.8. The van der Waals surface area contributed by atoms with Crippen LogP contribution in [0.5, 0.6) is 0 Å². The maximum Gasteiger partial charge on any atom is 0.116 e. The number of rotatable bonds is 5. The molecule has 0 unspecified atom stereocenters. The van der Waals surface area contributed by atoms with Gasteiger partial charge < -0.3 is 19.9 Å². The molecule has 2 heterocycles. The molecule has 0 bridgehead atoms. The first kappa shape index (κ1) is 14.9. The van der Waals surface area contributed by atoms with Gasteiger partial charge in [0, 0.05) is 31.8 Å². The topological polar surface area (TPSA) is 53.2 Å². The molecule has 0 atom stereocenters. The molecule has 0 spiro atoms. The highest BCUT2D eigenvalue weighted by Crippen LogP contribution is 2.33. The minimum Gasteiger partial charge on any atom is -0.370 e. The summed E-state index contributed by atoms with van der Waals surface area (Å²) in [6.07, 6.45) is 4.09. The minimum absolute atomic E-state index is 0.528. The average molecular weight is 300 g/mol. The van der Waals surface area contributed by atoms with Gasteiger partial charge in [0.2, 0.25) is 0 Å². The molecule has 1 aliphatic rings. The monoisotopic (exact) mass is 300 g/mol. The molecule has 3 rings (SSSR count). The molecule has 1 aliphatic heterocycles. The van der Waals surface area contributed by atoms with Crippen LogP contribution in [-0.4, -0.2) is 36.9 Å². The zero-order valence-electron chi connectivity index (χ0n) is 13.3. The second-order valence-electron chi connectivity index (χ2n) is 5.80. The lowest BCUT2D eigenvalue weighted by Gasteiger charge is -2.34. The van der Waals surface area contributed by atoms with Gasteiger partial charge >= 0.3 is 0 Å². The van der Waals surface area contributed by atoms with Crippen LogP contribution in [0.25, 0.3) is 0 Å². The molecule has 2 N–H and O–H groups in total. The summed E-state index contributed by atoms with van der Waals surface area (Å²) < 4.78 is 5.13. The maximum atomic E-state index is 5.13. The van der Waals surface area contributed by atoms with E-state index in [2.05, 4.69) is 51.4 Å². The Labute approximate surface area is 131 Å². The Morgan fingerprint density at radius 3 is 2.77 bits per heavy atom. The van der Waals surface area contributed by atoms with E-state index in [1.807, 2.05) is 0 Å². The summed E-state index contributed by atoms with van der Waals surface area (Å²) in [5.74, 6) is 0.571. The van der Waals surface area contributed by atoms with Crippen molar-refractivity contribution in [1.82, 2.24) is 9.97 Å². The van der Waals surface area contributed by atoms with Crippen LogP contribution in [0.15, 0.2) is 30.6 Å². The fourth-order valence-corrected chi connectivity index (χ4v) is 3.22. The fourth-order valence-electron chi connectivity index (χ4n) is 3.22. The van der Waals surface area contributed by atoms with Gasteiger partial charge in [-0.15, -0.1) is 0 Å². The lowest BCUT2D eigenvalue weighted by atomic mass is 9.92. The lowest BCUT2D eigenvalue weighted by molar-refractivity contribution is 0.221. The van der Waals surface area contributed by atoms with Crippen molar-refractivity contribution in [2.75, 3.05) is 37.1 Å². The van der Waals surface area contributed by atoms with E-state index in [1.54, 1.807) is 13.4 Å². The number of methoxy groups -OCH3 is 1. The number of piperidine rings is 1. The predicted molar refractivity (Wildman–Crippen MR) is 89.5 cm³/mol. The molecule has 22 heavy (non-hydrogen) atoms. The van der Waals surface area contributed by atoms with E-state index in [-0.39, 0.29) is 0 Å². The van der Waals surface area contributed by atoms with Crippen LogP contribution in [0.1, 0.15) is 30.1 Å². The molecule has 5 nitrogen and oxygen atoms in total. The van der Waals surface area contributed by atoms with Crippen LogP contribution < -0.4 is 10.2 Å². The molecule has 118 valence electrons. The van der Waals surface area contributed by atoms with Gasteiger partial charge in [-0.2, -0.15) is 0 Å². The van der Waals surface area contributed by atoms with E-state index in [9.17, 15) is 0 Å². The highest BCUT2D eigenvalue weighted by Gasteiger charge is 2.24. The van der Waals surface area contributed by atoms with Crippen molar-refractivity contribution in [1.29, 1.82) is 0 Å². The van der Waals surface area contributed by atoms with Crippen molar-refractivity contribution in [3.8, 4) is 0 Å². The number of aromatic amines is 1. The van der Waals surface area contributed by atoms with E-state index in [0.717, 1.165) is 31.6 Å². The van der Waals surface area contributed by atoms with E-state index >= 15 is 0 Å². The molecule has 1 saturated heterocycles. The number of aryl methyl sites for hydroxylation is 1. The molecular formula is C17H24N4O. The van der Waals surface area contributed by atoms with Gasteiger partial charge in [-0.3, -0.25) is 0 Å². The molecule has 0 aliphatic carbocycles. The average Bonchev–Trinajstić information content (AvgIpc) is 2.99. The number of benzene rings is 1. The largest absolute Gasteiger partial charge is 0.370 e. The van der Waals surface area contributed by atoms with Crippen LogP contribution in [0.4, 0.5) is 11.4 Å². The van der Waals surface area contributed by atoms with Gasteiger partial charge in [0.05, 0.1) is 23.4 Å². The zero-order chi connectivity index (χ0) is 15.4. The van der Waals surface area contributed by atoms with E-state index in [1.165, 1.54) is 17.1 Å². The Hall–Kier alpha value is -2.01. The van der Waals surface area contributed by atoms with Gasteiger partial charge in [0.1, 0.15) is 6.73 Å². The number of hydrogen-bond donors (Lipinski definition) is 2. The quantitative estimate of drug-likeness (QED) is 0.833. The summed E-state index contributed by atoms with van der Waals surface area (Å²) in [7, 11) is 1.70. The lowest BCUT2D eigenvalue weighted by Crippen LogP contribution is -2.33. The van der Waals surface area contributed by atoms with Crippen LogP contribution in [0.2, 0.25) is 0 Å². The van der Waals surface area contributed by atoms with Gasteiger partial charge in [-0.25, -0.2) is 4.98 Å². The van der Waals surface area contributed by atoms with Crippen LogP contribution >= 0.6 is 0 Å². The molecule has 5 heteroatoms. The van der Waals surface area contributed by atoms with Crippen molar-refractivity contribution < 1.29 is 4.74 Å². The van der Waals surface area contributed by atoms with Crippen molar-refractivity contribution in [3.05, 3.63) is 42.0 Å². The molecule has 0 radical (unpaired) electrons. The van der Waals surface area contributed by atoms with Gasteiger partial charge in [-0.05, 0) is 31.9 Å². The summed E-state index contributed by atoms with van der Waals surface area (Å²) in [5, 5.41) is 3.33. The van der Waals surface area contributed by atoms with E-state index < -0.39 is 0 Å². The van der Waals surface area contributed by atoms with Crippen LogP contribution in [0.3, 0.4) is 0 Å². The zero-order valence-corrected chi connectivity index (χ0v) is 13.3. The molecule has 2 aromatic rings. The molecule has 1 aromatic heterocycles. The molecule has 0 saturated carbocycles. The standard InChI is InChI=1S/C17H24N4O/c1-13-17(19-11-18-13)14-7-9-21(10-8-14)16-6-4-3-5-15(16)20-12-22-2/h3-6,11,14,20H,7-10,12H2,1-2H3,(H,18,19). The van der Waals surface area contributed by atoms with Crippen molar-refractivity contribution >= 4 is 11.4 Å². The van der Waals surface area contributed by atoms with E-state index in [0.29, 0.717) is 12.6 Å². The number of H-pyrrole nitrogens is 1. The third-order valence-corrected chi connectivity index (χ3v) is 4.40. The van der Waals surface area contributed by atoms with E-state index in [4.69, 9.17) is 4.74 Å². The summed E-state index contributed by atoms with van der Waals surface area (Å²) in [4.78, 5) is 10.1. The Morgan fingerprint density at radius 2 is 2.09 bits per heavy atom. The summed E-state index contributed by atoms with van der Waals surface area (Å²) in [6, 6.07) is 8.44. The van der Waals surface area contributed by atoms with Crippen LogP contribution in [-0.2, 0) is 4.74 Å². The number of hydrogen-bond acceptors (Lipinski definition) is 4. The van der Waals surface area contributed by atoms with Crippen molar-refractivity contribution in [2.45, 2.75) is 25.7 Å². The smallest absolute Gasteiger partial charge is 0.116 e. The number of para-hydroxylation sites is 2. The normalized spacial score (nSPS) is 16.0. The van der Waals surface area contributed by atoms with Gasteiger partial charge in [0.25, 0.3) is 0 Å². The predicted octanol–water partition coefficient (Wildman–Crippen LogP) is 3.12. The highest BCUT2D eigenvalue weighted by molar-refractivity contribution is 5.70. The number of anilines is 2. The number of ether oxygens (including phenoxy) is 1. The maximum absolute atomic E-state index is 5.13. The number of nitrogens with zero attached hydrogens (tertiary/aromatic N) is 2. The fraction of sp³-hybridized carbons (Fsp3) is 0.471. The Kier molecular flexibility index (Phi) is 4.63. The first-order valence-corrected chi connectivity index (χ1v) is 7.86. The van der Waals surface area contributed by atoms with Gasteiger partial charge in [-0.1, -0.05) is 12.1 Å². The first-order valence-electron chi connectivity index (χ1n) is 7.86. The third kappa shape index (κ3) is 3.09. The SMILES string of the molecule is COCNc1ccccc1N1CCC(c2nc[nH]c2C)CC1. The summed E-state index contributed by atoms with van der Waals surface area (Å²) in [6.45, 7) is 4.75. The second-order valence-corrected chi connectivity index (χ2v) is 5.80. The summed E-state index contributed by atoms with van der Waals surface area (Å²) >= 11 is 0. The third-order valence-electron chi connectivity index (χ3n) is 4.40. The van der Waals surface area contributed by atoms with Gasteiger partial charge in [0.15, 0.2) is 0 Å². The molecule has 1 fully saturated rings. The molecular weight excluding hydrogens is 276 g/mol. The molecule has 0 amide bonds. The number of nitrogens with one attached hydrogen (secondary N) is 2. The van der Waals surface area contributed by atoms with Crippen LogP contribution in [0, 0.1) is 6.92 Å². The Morgan fingerprint density at radius 1 is 1.32 bits per heavy atom. The minimum atomic E-state index is 0.528. The van der Waals surface area contributed by atoms with Crippen molar-refractivity contribution in [3.63, 3.8) is 0 Å².